The van der Waals surface area contributed by atoms with E-state index in [0.717, 1.165) is 24.3 Å². The quantitative estimate of drug-likeness (QED) is 0.505. The molecule has 0 bridgehead atoms. The van der Waals surface area contributed by atoms with E-state index in [9.17, 15) is 4.79 Å². The average molecular weight is 344 g/mol. The number of aromatic nitrogens is 6. The summed E-state index contributed by atoms with van der Waals surface area (Å²) in [4.78, 5) is 17.5. The number of para-hydroxylation sites is 1. The van der Waals surface area contributed by atoms with Gasteiger partial charge in [-0.2, -0.15) is 0 Å². The van der Waals surface area contributed by atoms with Crippen LogP contribution in [0.4, 0.5) is 0 Å². The summed E-state index contributed by atoms with van der Waals surface area (Å²) in [7, 11) is 0. The lowest BCUT2D eigenvalue weighted by atomic mass is 10.2. The Morgan fingerprint density at radius 1 is 1.25 bits per heavy atom. The minimum Gasteiger partial charge on any atom is -0.285 e. The van der Waals surface area contributed by atoms with Crippen molar-refractivity contribution in [3.8, 4) is 0 Å². The van der Waals surface area contributed by atoms with Crippen molar-refractivity contribution in [1.82, 2.24) is 29.8 Å². The molecular weight excluding hydrogens is 324 g/mol. The van der Waals surface area contributed by atoms with Crippen molar-refractivity contribution in [3.63, 3.8) is 0 Å². The van der Waals surface area contributed by atoms with E-state index in [1.807, 2.05) is 38.1 Å². The SMILES string of the molecule is CCCn1nnnc1CSc1nc2ccccc2c(=O)n1C(C)C. The molecule has 0 unspecified atom stereocenters. The molecule has 0 N–H and O–H groups in total. The van der Waals surface area contributed by atoms with Gasteiger partial charge in [-0.05, 0) is 42.8 Å². The van der Waals surface area contributed by atoms with Crippen molar-refractivity contribution in [1.29, 1.82) is 0 Å². The van der Waals surface area contributed by atoms with Gasteiger partial charge >= 0.3 is 0 Å². The smallest absolute Gasteiger partial charge is 0.262 e. The first-order valence-electron chi connectivity index (χ1n) is 8.01. The van der Waals surface area contributed by atoms with Gasteiger partial charge < -0.3 is 0 Å². The van der Waals surface area contributed by atoms with Gasteiger partial charge in [0.25, 0.3) is 5.56 Å². The average Bonchev–Trinajstić information content (AvgIpc) is 3.00. The van der Waals surface area contributed by atoms with Crippen molar-refractivity contribution in [2.24, 2.45) is 0 Å². The Morgan fingerprint density at radius 2 is 2.04 bits per heavy atom. The van der Waals surface area contributed by atoms with Gasteiger partial charge in [-0.15, -0.1) is 5.10 Å². The molecule has 0 aliphatic carbocycles. The first kappa shape index (κ1) is 16.6. The molecule has 0 fully saturated rings. The highest BCUT2D eigenvalue weighted by molar-refractivity contribution is 7.98. The third-order valence-electron chi connectivity index (χ3n) is 3.66. The van der Waals surface area contributed by atoms with Gasteiger partial charge in [-0.25, -0.2) is 9.67 Å². The number of benzene rings is 1. The van der Waals surface area contributed by atoms with Crippen molar-refractivity contribution < 1.29 is 0 Å². The molecule has 0 amide bonds. The topological polar surface area (TPSA) is 78.5 Å². The highest BCUT2D eigenvalue weighted by Gasteiger charge is 2.15. The molecule has 3 aromatic rings. The number of fused-ring (bicyclic) bond motifs is 1. The van der Waals surface area contributed by atoms with Gasteiger partial charge in [-0.1, -0.05) is 30.8 Å². The summed E-state index contributed by atoms with van der Waals surface area (Å²) < 4.78 is 3.53. The molecule has 7 nitrogen and oxygen atoms in total. The summed E-state index contributed by atoms with van der Waals surface area (Å²) in [6.07, 6.45) is 0.966. The number of tetrazole rings is 1. The summed E-state index contributed by atoms with van der Waals surface area (Å²) >= 11 is 1.49. The molecule has 0 radical (unpaired) electrons. The van der Waals surface area contributed by atoms with Crippen LogP contribution in [-0.4, -0.2) is 29.8 Å². The zero-order chi connectivity index (χ0) is 17.1. The number of rotatable bonds is 6. The van der Waals surface area contributed by atoms with E-state index in [0.29, 0.717) is 16.3 Å². The van der Waals surface area contributed by atoms with Crippen molar-refractivity contribution in [2.45, 2.75) is 50.7 Å². The molecule has 126 valence electrons. The molecule has 0 saturated carbocycles. The normalized spacial score (nSPS) is 11.5. The summed E-state index contributed by atoms with van der Waals surface area (Å²) in [6.45, 7) is 6.84. The van der Waals surface area contributed by atoms with Crippen molar-refractivity contribution >= 4 is 22.7 Å². The van der Waals surface area contributed by atoms with E-state index >= 15 is 0 Å². The third-order valence-corrected chi connectivity index (χ3v) is 4.61. The molecular formula is C16H20N6OS. The minimum atomic E-state index is -0.00810. The van der Waals surface area contributed by atoms with Crippen LogP contribution in [0, 0.1) is 0 Å². The fourth-order valence-electron chi connectivity index (χ4n) is 2.52. The van der Waals surface area contributed by atoms with Crippen molar-refractivity contribution in [2.75, 3.05) is 0 Å². The number of nitrogens with zero attached hydrogens (tertiary/aromatic N) is 6. The van der Waals surface area contributed by atoms with Crippen LogP contribution in [0.2, 0.25) is 0 Å². The number of hydrogen-bond donors (Lipinski definition) is 0. The molecule has 1 aromatic carbocycles. The van der Waals surface area contributed by atoms with E-state index in [-0.39, 0.29) is 11.6 Å². The summed E-state index contributed by atoms with van der Waals surface area (Å²) in [5.74, 6) is 1.37. The van der Waals surface area contributed by atoms with Crippen LogP contribution in [-0.2, 0) is 12.3 Å². The molecule has 0 aliphatic rings. The molecule has 2 aromatic heterocycles. The maximum atomic E-state index is 12.8. The molecule has 2 heterocycles. The van der Waals surface area contributed by atoms with Crippen LogP contribution in [0.25, 0.3) is 10.9 Å². The van der Waals surface area contributed by atoms with Crippen LogP contribution in [0.1, 0.15) is 39.1 Å². The van der Waals surface area contributed by atoms with E-state index in [1.165, 1.54) is 11.8 Å². The second-order valence-electron chi connectivity index (χ2n) is 5.79. The Labute approximate surface area is 144 Å². The zero-order valence-corrected chi connectivity index (χ0v) is 14.8. The van der Waals surface area contributed by atoms with Gasteiger partial charge in [0, 0.05) is 12.6 Å². The Balaban J connectivity index is 1.97. The second-order valence-corrected chi connectivity index (χ2v) is 6.73. The van der Waals surface area contributed by atoms with Gasteiger partial charge in [0.1, 0.15) is 0 Å². The molecule has 8 heteroatoms. The van der Waals surface area contributed by atoms with E-state index < -0.39 is 0 Å². The third kappa shape index (κ3) is 3.19. The molecule has 0 atom stereocenters. The monoisotopic (exact) mass is 344 g/mol. The fraction of sp³-hybridized carbons (Fsp3) is 0.438. The maximum absolute atomic E-state index is 12.8. The Kier molecular flexibility index (Phi) is 4.94. The zero-order valence-electron chi connectivity index (χ0n) is 14.0. The summed E-state index contributed by atoms with van der Waals surface area (Å²) in [5, 5.41) is 13.1. The van der Waals surface area contributed by atoms with Gasteiger partial charge in [-0.3, -0.25) is 9.36 Å². The van der Waals surface area contributed by atoms with Crippen LogP contribution in [0.3, 0.4) is 0 Å². The lowest BCUT2D eigenvalue weighted by Crippen LogP contribution is -2.25. The van der Waals surface area contributed by atoms with Gasteiger partial charge in [0.15, 0.2) is 11.0 Å². The number of hydrogen-bond acceptors (Lipinski definition) is 6. The first-order chi connectivity index (χ1) is 11.6. The molecule has 0 spiro atoms. The number of thioether (sulfide) groups is 1. The Morgan fingerprint density at radius 3 is 2.79 bits per heavy atom. The second kappa shape index (κ2) is 7.12. The van der Waals surface area contributed by atoms with Crippen LogP contribution in [0.5, 0.6) is 0 Å². The molecule has 3 rings (SSSR count). The Bertz CT molecular complexity index is 901. The minimum absolute atomic E-state index is 0.00810. The largest absolute Gasteiger partial charge is 0.285 e. The predicted octanol–water partition coefficient (Wildman–Crippen LogP) is 2.67. The van der Waals surface area contributed by atoms with Crippen LogP contribution >= 0.6 is 11.8 Å². The van der Waals surface area contributed by atoms with E-state index in [1.54, 1.807) is 9.25 Å². The highest BCUT2D eigenvalue weighted by atomic mass is 32.2. The van der Waals surface area contributed by atoms with Crippen molar-refractivity contribution in [3.05, 3.63) is 40.4 Å². The lowest BCUT2D eigenvalue weighted by Gasteiger charge is -2.15. The predicted molar refractivity (Wildman–Crippen MR) is 94.1 cm³/mol. The summed E-state index contributed by atoms with van der Waals surface area (Å²) in [5.41, 5.74) is 0.710. The van der Waals surface area contributed by atoms with Gasteiger partial charge in [0.05, 0.1) is 16.7 Å². The number of aryl methyl sites for hydroxylation is 1. The van der Waals surface area contributed by atoms with Crippen LogP contribution in [0.15, 0.2) is 34.2 Å². The molecule has 0 saturated heterocycles. The standard InChI is InChI=1S/C16H20N6OS/c1-4-9-21-14(18-19-20-21)10-24-16-17-13-8-6-5-7-12(13)15(23)22(16)11(2)3/h5-8,11H,4,9-10H2,1-3H3. The van der Waals surface area contributed by atoms with Gasteiger partial charge in [0.2, 0.25) is 0 Å². The van der Waals surface area contributed by atoms with E-state index in [2.05, 4.69) is 27.4 Å². The highest BCUT2D eigenvalue weighted by Crippen LogP contribution is 2.23. The summed E-state index contributed by atoms with van der Waals surface area (Å²) in [6, 6.07) is 7.47. The molecule has 24 heavy (non-hydrogen) atoms. The van der Waals surface area contributed by atoms with E-state index in [4.69, 9.17) is 0 Å². The molecule has 0 aliphatic heterocycles. The first-order valence-corrected chi connectivity index (χ1v) is 8.99. The van der Waals surface area contributed by atoms with Crippen LogP contribution < -0.4 is 5.56 Å². The lowest BCUT2D eigenvalue weighted by molar-refractivity contribution is 0.518. The Hall–Kier alpha value is -2.22. The fourth-order valence-corrected chi connectivity index (χ4v) is 3.58. The maximum Gasteiger partial charge on any atom is 0.262 e.